The Labute approximate surface area is 70.5 Å². The normalized spacial score (nSPS) is 9.18. The highest BCUT2D eigenvalue weighted by atomic mass is 32.1. The molecule has 1 aromatic rings. The molecule has 0 atom stereocenters. The van der Waals surface area contributed by atoms with Gasteiger partial charge in [-0.05, 0) is 24.6 Å². The van der Waals surface area contributed by atoms with Crippen LogP contribution in [0.5, 0.6) is 5.75 Å². The van der Waals surface area contributed by atoms with Crippen molar-refractivity contribution in [2.75, 3.05) is 0 Å². The van der Waals surface area contributed by atoms with E-state index in [1.54, 1.807) is 13.0 Å². The number of hydrogen-bond donors (Lipinski definition) is 2. The Kier molecular flexibility index (Phi) is 2.06. The van der Waals surface area contributed by atoms with Gasteiger partial charge in [0.05, 0.1) is 5.56 Å². The summed E-state index contributed by atoms with van der Waals surface area (Å²) in [5.74, 6) is 0.138. The van der Waals surface area contributed by atoms with E-state index in [9.17, 15) is 5.11 Å². The van der Waals surface area contributed by atoms with Crippen LogP contribution in [0.15, 0.2) is 17.0 Å². The van der Waals surface area contributed by atoms with Crippen LogP contribution >= 0.6 is 12.6 Å². The first-order valence-corrected chi connectivity index (χ1v) is 3.52. The molecule has 1 rings (SSSR count). The van der Waals surface area contributed by atoms with Crippen molar-refractivity contribution in [2.24, 2.45) is 0 Å². The van der Waals surface area contributed by atoms with Gasteiger partial charge in [0.2, 0.25) is 0 Å². The molecule has 0 amide bonds. The molecule has 3 heteroatoms. The van der Waals surface area contributed by atoms with E-state index in [0.29, 0.717) is 10.5 Å². The van der Waals surface area contributed by atoms with Crippen LogP contribution in [0, 0.1) is 18.3 Å². The summed E-state index contributed by atoms with van der Waals surface area (Å²) < 4.78 is 0. The fourth-order valence-electron chi connectivity index (χ4n) is 0.771. The number of hydrogen-bond acceptors (Lipinski definition) is 3. The molecular formula is C8H7NOS. The van der Waals surface area contributed by atoms with Gasteiger partial charge in [0, 0.05) is 4.90 Å². The van der Waals surface area contributed by atoms with Crippen LogP contribution in [0.4, 0.5) is 0 Å². The molecule has 0 aromatic heterocycles. The van der Waals surface area contributed by atoms with Gasteiger partial charge in [-0.2, -0.15) is 5.26 Å². The zero-order valence-corrected chi connectivity index (χ0v) is 6.89. The second-order valence-corrected chi connectivity index (χ2v) is 2.75. The van der Waals surface area contributed by atoms with E-state index in [1.165, 1.54) is 6.07 Å². The maximum atomic E-state index is 9.17. The number of nitriles is 1. The highest BCUT2D eigenvalue weighted by Crippen LogP contribution is 2.23. The fraction of sp³-hybridized carbons (Fsp3) is 0.125. The molecule has 11 heavy (non-hydrogen) atoms. The molecule has 2 nitrogen and oxygen atoms in total. The number of benzene rings is 1. The second-order valence-electron chi connectivity index (χ2n) is 2.27. The minimum Gasteiger partial charge on any atom is -0.508 e. The minimum absolute atomic E-state index is 0.138. The molecule has 1 aromatic carbocycles. The first kappa shape index (κ1) is 7.96. The molecule has 0 radical (unpaired) electrons. The van der Waals surface area contributed by atoms with Crippen molar-refractivity contribution in [1.29, 1.82) is 5.26 Å². The van der Waals surface area contributed by atoms with Crippen molar-refractivity contribution in [1.82, 2.24) is 0 Å². The predicted octanol–water partition coefficient (Wildman–Crippen LogP) is 1.86. The third-order valence-corrected chi connectivity index (χ3v) is 1.80. The van der Waals surface area contributed by atoms with Crippen LogP contribution < -0.4 is 0 Å². The number of rotatable bonds is 0. The summed E-state index contributed by atoms with van der Waals surface area (Å²) in [6.07, 6.45) is 0. The van der Waals surface area contributed by atoms with Gasteiger partial charge in [-0.3, -0.25) is 0 Å². The Morgan fingerprint density at radius 3 is 2.73 bits per heavy atom. The van der Waals surface area contributed by atoms with Crippen molar-refractivity contribution in [2.45, 2.75) is 11.8 Å². The maximum absolute atomic E-state index is 9.17. The third kappa shape index (κ3) is 1.47. The van der Waals surface area contributed by atoms with E-state index in [2.05, 4.69) is 12.6 Å². The molecular weight excluding hydrogens is 158 g/mol. The van der Waals surface area contributed by atoms with Gasteiger partial charge in [-0.1, -0.05) is 0 Å². The van der Waals surface area contributed by atoms with Crippen LogP contribution in [0.3, 0.4) is 0 Å². The lowest BCUT2D eigenvalue weighted by Crippen LogP contribution is -1.81. The summed E-state index contributed by atoms with van der Waals surface area (Å²) in [4.78, 5) is 0.600. The standard InChI is InChI=1S/C8H7NOS/c1-5-2-8(11)6(4-9)3-7(5)10/h2-3,10-11H,1H3. The Balaban J connectivity index is 3.35. The van der Waals surface area contributed by atoms with Crippen molar-refractivity contribution >= 4 is 12.6 Å². The lowest BCUT2D eigenvalue weighted by molar-refractivity contribution is 0.470. The van der Waals surface area contributed by atoms with Crippen LogP contribution in [-0.2, 0) is 0 Å². The SMILES string of the molecule is Cc1cc(S)c(C#N)cc1O. The van der Waals surface area contributed by atoms with E-state index in [-0.39, 0.29) is 5.75 Å². The summed E-state index contributed by atoms with van der Waals surface area (Å²) in [6, 6.07) is 5.00. The Morgan fingerprint density at radius 2 is 2.18 bits per heavy atom. The first-order chi connectivity index (χ1) is 5.15. The summed E-state index contributed by atoms with van der Waals surface area (Å²) >= 11 is 4.06. The highest BCUT2D eigenvalue weighted by molar-refractivity contribution is 7.80. The summed E-state index contributed by atoms with van der Waals surface area (Å²) in [6.45, 7) is 1.76. The average molecular weight is 165 g/mol. The zero-order chi connectivity index (χ0) is 8.43. The van der Waals surface area contributed by atoms with E-state index in [4.69, 9.17) is 5.26 Å². The molecule has 0 bridgehead atoms. The molecule has 0 aliphatic heterocycles. The average Bonchev–Trinajstić information content (AvgIpc) is 1.97. The van der Waals surface area contributed by atoms with E-state index in [0.717, 1.165) is 5.56 Å². The summed E-state index contributed by atoms with van der Waals surface area (Å²) in [5, 5.41) is 17.7. The molecule has 0 aliphatic carbocycles. The van der Waals surface area contributed by atoms with Crippen LogP contribution in [0.2, 0.25) is 0 Å². The largest absolute Gasteiger partial charge is 0.508 e. The fourth-order valence-corrected chi connectivity index (χ4v) is 1.08. The smallest absolute Gasteiger partial charge is 0.119 e. The summed E-state index contributed by atoms with van der Waals surface area (Å²) in [7, 11) is 0. The van der Waals surface area contributed by atoms with Crippen molar-refractivity contribution in [3.63, 3.8) is 0 Å². The van der Waals surface area contributed by atoms with Gasteiger partial charge in [-0.25, -0.2) is 0 Å². The van der Waals surface area contributed by atoms with Crippen LogP contribution in [-0.4, -0.2) is 5.11 Å². The minimum atomic E-state index is 0.138. The molecule has 1 N–H and O–H groups in total. The lowest BCUT2D eigenvalue weighted by Gasteiger charge is -2.00. The van der Waals surface area contributed by atoms with Crippen LogP contribution in [0.1, 0.15) is 11.1 Å². The molecule has 0 aliphatic rings. The third-order valence-electron chi connectivity index (χ3n) is 1.43. The molecule has 0 unspecified atom stereocenters. The summed E-state index contributed by atoms with van der Waals surface area (Å²) in [5.41, 5.74) is 1.13. The number of aromatic hydroxyl groups is 1. The molecule has 0 saturated carbocycles. The molecule has 56 valence electrons. The first-order valence-electron chi connectivity index (χ1n) is 3.08. The topological polar surface area (TPSA) is 44.0 Å². The van der Waals surface area contributed by atoms with Gasteiger partial charge >= 0.3 is 0 Å². The lowest BCUT2D eigenvalue weighted by atomic mass is 10.1. The quantitative estimate of drug-likeness (QED) is 0.576. The van der Waals surface area contributed by atoms with Gasteiger partial charge in [0.1, 0.15) is 11.8 Å². The van der Waals surface area contributed by atoms with E-state index < -0.39 is 0 Å². The van der Waals surface area contributed by atoms with Gasteiger partial charge in [-0.15, -0.1) is 12.6 Å². The van der Waals surface area contributed by atoms with Crippen LogP contribution in [0.25, 0.3) is 0 Å². The number of thiol groups is 1. The molecule has 0 saturated heterocycles. The van der Waals surface area contributed by atoms with Gasteiger partial charge in [0.15, 0.2) is 0 Å². The number of aryl methyl sites for hydroxylation is 1. The number of phenols is 1. The van der Waals surface area contributed by atoms with E-state index in [1.807, 2.05) is 6.07 Å². The van der Waals surface area contributed by atoms with Crippen molar-refractivity contribution in [3.05, 3.63) is 23.3 Å². The zero-order valence-electron chi connectivity index (χ0n) is 6.00. The Hall–Kier alpha value is -1.14. The molecule has 0 spiro atoms. The van der Waals surface area contributed by atoms with Gasteiger partial charge in [0.25, 0.3) is 0 Å². The highest BCUT2D eigenvalue weighted by Gasteiger charge is 2.01. The molecule has 0 fully saturated rings. The second kappa shape index (κ2) is 2.85. The monoisotopic (exact) mass is 165 g/mol. The van der Waals surface area contributed by atoms with E-state index >= 15 is 0 Å². The Morgan fingerprint density at radius 1 is 1.55 bits per heavy atom. The predicted molar refractivity (Wildman–Crippen MR) is 44.8 cm³/mol. The Bertz CT molecular complexity index is 328. The maximum Gasteiger partial charge on any atom is 0.119 e. The number of nitrogens with zero attached hydrogens (tertiary/aromatic N) is 1. The van der Waals surface area contributed by atoms with Crippen molar-refractivity contribution < 1.29 is 5.11 Å². The van der Waals surface area contributed by atoms with Crippen molar-refractivity contribution in [3.8, 4) is 11.8 Å². The van der Waals surface area contributed by atoms with Gasteiger partial charge < -0.3 is 5.11 Å². The molecule has 0 heterocycles. The number of phenolic OH excluding ortho intramolecular Hbond substituents is 1.